The standard InChI is InChI=1S/C24H18Cl2N4O/c1-31-20-12-6-16(7-13-20)22-14-21(15-2-8-18(25)9-3-15)27-24-28-23(29-30(22)24)17-4-10-19(26)11-5-17/h2-14,22H,1H3,(H,27,28,29)/t22-/m1/s1. The summed E-state index contributed by atoms with van der Waals surface area (Å²) in [5.74, 6) is 2.10. The molecule has 2 heterocycles. The van der Waals surface area contributed by atoms with Crippen LogP contribution in [0.2, 0.25) is 10.0 Å². The molecule has 0 saturated heterocycles. The average Bonchev–Trinajstić information content (AvgIpc) is 3.24. The molecule has 5 rings (SSSR count). The second-order valence-corrected chi connectivity index (χ2v) is 8.01. The fourth-order valence-corrected chi connectivity index (χ4v) is 3.80. The summed E-state index contributed by atoms with van der Waals surface area (Å²) < 4.78 is 7.21. The highest BCUT2D eigenvalue weighted by molar-refractivity contribution is 6.30. The van der Waals surface area contributed by atoms with Crippen molar-refractivity contribution >= 4 is 34.8 Å². The van der Waals surface area contributed by atoms with Gasteiger partial charge >= 0.3 is 0 Å². The van der Waals surface area contributed by atoms with Gasteiger partial charge in [0.05, 0.1) is 7.11 Å². The van der Waals surface area contributed by atoms with Gasteiger partial charge in [-0.3, -0.25) is 0 Å². The maximum Gasteiger partial charge on any atom is 0.227 e. The summed E-state index contributed by atoms with van der Waals surface area (Å²) in [6.45, 7) is 0. The highest BCUT2D eigenvalue weighted by Gasteiger charge is 2.25. The molecular formula is C24H18Cl2N4O. The first-order valence-electron chi connectivity index (χ1n) is 9.72. The summed E-state index contributed by atoms with van der Waals surface area (Å²) >= 11 is 12.1. The van der Waals surface area contributed by atoms with E-state index >= 15 is 0 Å². The predicted molar refractivity (Wildman–Crippen MR) is 125 cm³/mol. The van der Waals surface area contributed by atoms with E-state index in [4.69, 9.17) is 38.0 Å². The van der Waals surface area contributed by atoms with Gasteiger partial charge in [0, 0.05) is 21.3 Å². The molecule has 154 valence electrons. The molecule has 0 saturated carbocycles. The molecule has 7 heteroatoms. The van der Waals surface area contributed by atoms with Crippen molar-refractivity contribution in [2.24, 2.45) is 0 Å². The van der Waals surface area contributed by atoms with Crippen molar-refractivity contribution in [3.05, 3.63) is 100 Å². The van der Waals surface area contributed by atoms with E-state index in [9.17, 15) is 0 Å². The van der Waals surface area contributed by atoms with Gasteiger partial charge in [-0.1, -0.05) is 47.5 Å². The van der Waals surface area contributed by atoms with E-state index in [1.807, 2.05) is 77.5 Å². The predicted octanol–water partition coefficient (Wildman–Crippen LogP) is 6.32. The first-order valence-corrected chi connectivity index (χ1v) is 10.5. The second-order valence-electron chi connectivity index (χ2n) is 7.14. The third kappa shape index (κ3) is 3.90. The molecule has 0 bridgehead atoms. The zero-order chi connectivity index (χ0) is 21.4. The highest BCUT2D eigenvalue weighted by atomic mass is 35.5. The lowest BCUT2D eigenvalue weighted by Crippen LogP contribution is -2.20. The fraction of sp³-hybridized carbons (Fsp3) is 0.0833. The highest BCUT2D eigenvalue weighted by Crippen LogP contribution is 2.35. The number of hydrogen-bond donors (Lipinski definition) is 1. The molecule has 0 fully saturated rings. The Kier molecular flexibility index (Phi) is 5.14. The number of allylic oxidation sites excluding steroid dienone is 1. The maximum absolute atomic E-state index is 6.08. The normalized spacial score (nSPS) is 15.1. The molecule has 1 aromatic heterocycles. The number of fused-ring (bicyclic) bond motifs is 1. The van der Waals surface area contributed by atoms with Crippen LogP contribution in [0.3, 0.4) is 0 Å². The van der Waals surface area contributed by atoms with Gasteiger partial charge < -0.3 is 10.1 Å². The molecule has 0 unspecified atom stereocenters. The van der Waals surface area contributed by atoms with E-state index in [0.29, 0.717) is 21.8 Å². The monoisotopic (exact) mass is 448 g/mol. The number of methoxy groups -OCH3 is 1. The SMILES string of the molecule is COc1ccc([C@H]2C=C(c3ccc(Cl)cc3)Nc3nc(-c4ccc(Cl)cc4)nn32)cc1. The summed E-state index contributed by atoms with van der Waals surface area (Å²) in [6, 6.07) is 23.1. The molecule has 5 nitrogen and oxygen atoms in total. The summed E-state index contributed by atoms with van der Waals surface area (Å²) in [5.41, 5.74) is 3.93. The van der Waals surface area contributed by atoms with Crippen LogP contribution in [0.1, 0.15) is 17.2 Å². The van der Waals surface area contributed by atoms with E-state index in [0.717, 1.165) is 28.1 Å². The van der Waals surface area contributed by atoms with E-state index < -0.39 is 0 Å². The number of rotatable bonds is 4. The van der Waals surface area contributed by atoms with Gasteiger partial charge in [-0.25, -0.2) is 4.68 Å². The van der Waals surface area contributed by atoms with Gasteiger partial charge in [-0.05, 0) is 65.7 Å². The molecule has 1 aliphatic rings. The van der Waals surface area contributed by atoms with Crippen LogP contribution in [0, 0.1) is 0 Å². The number of nitrogens with zero attached hydrogens (tertiary/aromatic N) is 3. The van der Waals surface area contributed by atoms with Crippen LogP contribution < -0.4 is 10.1 Å². The summed E-state index contributed by atoms with van der Waals surface area (Å²) in [7, 11) is 1.66. The van der Waals surface area contributed by atoms with Gasteiger partial charge in [-0.2, -0.15) is 4.98 Å². The Hall–Kier alpha value is -3.28. The van der Waals surface area contributed by atoms with Gasteiger partial charge in [0.15, 0.2) is 5.82 Å². The van der Waals surface area contributed by atoms with Crippen molar-refractivity contribution in [2.45, 2.75) is 6.04 Å². The number of nitrogens with one attached hydrogen (secondary N) is 1. The summed E-state index contributed by atoms with van der Waals surface area (Å²) in [6.07, 6.45) is 2.14. The van der Waals surface area contributed by atoms with Gasteiger partial charge in [0.25, 0.3) is 0 Å². The van der Waals surface area contributed by atoms with E-state index in [1.54, 1.807) is 7.11 Å². The molecule has 0 amide bonds. The van der Waals surface area contributed by atoms with Crippen LogP contribution in [0.5, 0.6) is 5.75 Å². The Morgan fingerprint density at radius 1 is 0.839 bits per heavy atom. The average molecular weight is 449 g/mol. The van der Waals surface area contributed by atoms with Crippen molar-refractivity contribution in [3.63, 3.8) is 0 Å². The number of hydrogen-bond acceptors (Lipinski definition) is 4. The Balaban J connectivity index is 1.60. The number of anilines is 1. The number of halogens is 2. The Morgan fingerprint density at radius 3 is 2.06 bits per heavy atom. The molecule has 1 aliphatic heterocycles. The van der Waals surface area contributed by atoms with E-state index in [-0.39, 0.29) is 6.04 Å². The van der Waals surface area contributed by atoms with Crippen LogP contribution >= 0.6 is 23.2 Å². The van der Waals surface area contributed by atoms with Crippen LogP contribution in [-0.4, -0.2) is 21.9 Å². The summed E-state index contributed by atoms with van der Waals surface area (Å²) in [4.78, 5) is 4.76. The Labute approximate surface area is 189 Å². The number of aromatic nitrogens is 3. The zero-order valence-corrected chi connectivity index (χ0v) is 18.1. The van der Waals surface area contributed by atoms with Crippen LogP contribution in [0.25, 0.3) is 17.1 Å². The van der Waals surface area contributed by atoms with Crippen molar-refractivity contribution in [1.82, 2.24) is 14.8 Å². The van der Waals surface area contributed by atoms with Crippen LogP contribution in [0.15, 0.2) is 78.9 Å². The molecule has 0 radical (unpaired) electrons. The van der Waals surface area contributed by atoms with Crippen LogP contribution in [-0.2, 0) is 0 Å². The zero-order valence-electron chi connectivity index (χ0n) is 16.6. The maximum atomic E-state index is 6.08. The minimum atomic E-state index is -0.138. The third-order valence-electron chi connectivity index (χ3n) is 5.18. The molecule has 0 aliphatic carbocycles. The molecular weight excluding hydrogens is 431 g/mol. The lowest BCUT2D eigenvalue weighted by atomic mass is 10.0. The largest absolute Gasteiger partial charge is 0.497 e. The third-order valence-corrected chi connectivity index (χ3v) is 5.68. The van der Waals surface area contributed by atoms with E-state index in [1.165, 1.54) is 0 Å². The van der Waals surface area contributed by atoms with Crippen molar-refractivity contribution < 1.29 is 4.74 Å². The summed E-state index contributed by atoms with van der Waals surface area (Å²) in [5, 5.41) is 9.58. The second kappa shape index (κ2) is 8.10. The molecule has 1 atom stereocenters. The van der Waals surface area contributed by atoms with Crippen molar-refractivity contribution in [3.8, 4) is 17.1 Å². The van der Waals surface area contributed by atoms with Gasteiger partial charge in [-0.15, -0.1) is 5.10 Å². The molecule has 1 N–H and O–H groups in total. The minimum absolute atomic E-state index is 0.138. The lowest BCUT2D eigenvalue weighted by Gasteiger charge is -2.24. The molecule has 0 spiro atoms. The lowest BCUT2D eigenvalue weighted by molar-refractivity contribution is 0.414. The molecule has 31 heavy (non-hydrogen) atoms. The van der Waals surface area contributed by atoms with E-state index in [2.05, 4.69) is 11.4 Å². The van der Waals surface area contributed by atoms with Crippen molar-refractivity contribution in [2.75, 3.05) is 12.4 Å². The number of benzene rings is 3. The quantitative estimate of drug-likeness (QED) is 0.396. The van der Waals surface area contributed by atoms with Crippen molar-refractivity contribution in [1.29, 1.82) is 0 Å². The topological polar surface area (TPSA) is 52.0 Å². The first-order chi connectivity index (χ1) is 15.1. The number of ether oxygens (including phenoxy) is 1. The minimum Gasteiger partial charge on any atom is -0.497 e. The molecule has 4 aromatic rings. The molecule has 3 aromatic carbocycles. The Bertz CT molecular complexity index is 1250. The van der Waals surface area contributed by atoms with Gasteiger partial charge in [0.2, 0.25) is 5.95 Å². The first kappa shape index (κ1) is 19.7. The Morgan fingerprint density at radius 2 is 1.45 bits per heavy atom. The van der Waals surface area contributed by atoms with Gasteiger partial charge in [0.1, 0.15) is 11.8 Å². The fourth-order valence-electron chi connectivity index (χ4n) is 3.55. The van der Waals surface area contributed by atoms with Crippen LogP contribution in [0.4, 0.5) is 5.95 Å². The smallest absolute Gasteiger partial charge is 0.227 e.